The van der Waals surface area contributed by atoms with Crippen LogP contribution in [0.5, 0.6) is 0 Å². The molecule has 2 heterocycles. The molecule has 1 aliphatic rings. The summed E-state index contributed by atoms with van der Waals surface area (Å²) in [6, 6.07) is 9.96. The highest BCUT2D eigenvalue weighted by molar-refractivity contribution is 5.17. The SMILES string of the molecule is N[C@H](Cc1ccccc1)c1n[nH]c([C@H]2CCCO2)n1. The fraction of sp³-hybridized carbons (Fsp3) is 0.429. The Kier molecular flexibility index (Phi) is 3.57. The normalized spacial score (nSPS) is 20.6. The lowest BCUT2D eigenvalue weighted by atomic mass is 10.1. The zero-order chi connectivity index (χ0) is 13.1. The summed E-state index contributed by atoms with van der Waals surface area (Å²) >= 11 is 0. The van der Waals surface area contributed by atoms with E-state index in [-0.39, 0.29) is 12.1 Å². The van der Waals surface area contributed by atoms with Crippen molar-refractivity contribution in [2.45, 2.75) is 31.4 Å². The summed E-state index contributed by atoms with van der Waals surface area (Å²) in [4.78, 5) is 4.47. The topological polar surface area (TPSA) is 76.8 Å². The highest BCUT2D eigenvalue weighted by Gasteiger charge is 2.22. The summed E-state index contributed by atoms with van der Waals surface area (Å²) in [5.74, 6) is 1.46. The molecule has 0 spiro atoms. The lowest BCUT2D eigenvalue weighted by Crippen LogP contribution is -2.15. The number of nitrogens with zero attached hydrogens (tertiary/aromatic N) is 2. The molecule has 5 nitrogen and oxygen atoms in total. The molecule has 1 aromatic heterocycles. The summed E-state index contributed by atoms with van der Waals surface area (Å²) < 4.78 is 5.58. The second-order valence-corrected chi connectivity index (χ2v) is 4.88. The molecule has 1 aromatic carbocycles. The molecule has 1 saturated heterocycles. The van der Waals surface area contributed by atoms with Gasteiger partial charge in [-0.1, -0.05) is 30.3 Å². The molecule has 100 valence electrons. The van der Waals surface area contributed by atoms with Crippen molar-refractivity contribution in [2.75, 3.05) is 6.61 Å². The Bertz CT molecular complexity index is 519. The Hall–Kier alpha value is -1.72. The maximum atomic E-state index is 6.15. The largest absolute Gasteiger partial charge is 0.370 e. The molecular weight excluding hydrogens is 240 g/mol. The van der Waals surface area contributed by atoms with Crippen LogP contribution < -0.4 is 5.73 Å². The van der Waals surface area contributed by atoms with E-state index >= 15 is 0 Å². The van der Waals surface area contributed by atoms with Gasteiger partial charge in [0, 0.05) is 6.61 Å². The van der Waals surface area contributed by atoms with Crippen LogP contribution in [0.15, 0.2) is 30.3 Å². The smallest absolute Gasteiger partial charge is 0.167 e. The van der Waals surface area contributed by atoms with E-state index in [0.29, 0.717) is 5.82 Å². The first-order valence-corrected chi connectivity index (χ1v) is 6.66. The van der Waals surface area contributed by atoms with Crippen molar-refractivity contribution in [1.82, 2.24) is 15.2 Å². The van der Waals surface area contributed by atoms with E-state index in [2.05, 4.69) is 27.3 Å². The van der Waals surface area contributed by atoms with Crippen LogP contribution in [0.3, 0.4) is 0 Å². The van der Waals surface area contributed by atoms with Gasteiger partial charge in [-0.05, 0) is 24.8 Å². The van der Waals surface area contributed by atoms with Crippen molar-refractivity contribution >= 4 is 0 Å². The van der Waals surface area contributed by atoms with Crippen LogP contribution in [0.2, 0.25) is 0 Å². The van der Waals surface area contributed by atoms with Gasteiger partial charge in [-0.25, -0.2) is 4.98 Å². The molecule has 1 fully saturated rings. The van der Waals surface area contributed by atoms with Gasteiger partial charge in [-0.3, -0.25) is 5.10 Å². The number of H-pyrrole nitrogens is 1. The average molecular weight is 258 g/mol. The number of hydrogen-bond donors (Lipinski definition) is 2. The van der Waals surface area contributed by atoms with Gasteiger partial charge in [0.05, 0.1) is 6.04 Å². The van der Waals surface area contributed by atoms with Gasteiger partial charge in [-0.2, -0.15) is 5.10 Å². The van der Waals surface area contributed by atoms with Gasteiger partial charge in [0.15, 0.2) is 11.6 Å². The van der Waals surface area contributed by atoms with Crippen LogP contribution in [0.4, 0.5) is 0 Å². The molecule has 3 rings (SSSR count). The van der Waals surface area contributed by atoms with Crippen molar-refractivity contribution < 1.29 is 4.74 Å². The monoisotopic (exact) mass is 258 g/mol. The zero-order valence-corrected chi connectivity index (χ0v) is 10.7. The molecule has 0 amide bonds. The summed E-state index contributed by atoms with van der Waals surface area (Å²) in [6.45, 7) is 0.802. The Balaban J connectivity index is 1.68. The minimum atomic E-state index is -0.186. The molecule has 0 radical (unpaired) electrons. The molecule has 0 aliphatic carbocycles. The van der Waals surface area contributed by atoms with Crippen molar-refractivity contribution in [3.63, 3.8) is 0 Å². The minimum Gasteiger partial charge on any atom is -0.370 e. The number of benzene rings is 1. The van der Waals surface area contributed by atoms with Gasteiger partial charge in [0.25, 0.3) is 0 Å². The van der Waals surface area contributed by atoms with E-state index in [9.17, 15) is 0 Å². The van der Waals surface area contributed by atoms with Gasteiger partial charge in [-0.15, -0.1) is 0 Å². The number of ether oxygens (including phenoxy) is 1. The molecule has 0 bridgehead atoms. The van der Waals surface area contributed by atoms with Crippen molar-refractivity contribution in [3.05, 3.63) is 47.5 Å². The molecule has 0 saturated carbocycles. The maximum absolute atomic E-state index is 6.15. The number of aromatic nitrogens is 3. The first kappa shape index (κ1) is 12.3. The summed E-state index contributed by atoms with van der Waals surface area (Å²) in [5, 5.41) is 7.16. The first-order chi connectivity index (χ1) is 9.33. The minimum absolute atomic E-state index is 0.0603. The molecule has 3 N–H and O–H groups in total. The van der Waals surface area contributed by atoms with Crippen LogP contribution in [0.25, 0.3) is 0 Å². The first-order valence-electron chi connectivity index (χ1n) is 6.66. The Morgan fingerprint density at radius 2 is 2.21 bits per heavy atom. The van der Waals surface area contributed by atoms with E-state index in [1.54, 1.807) is 0 Å². The fourth-order valence-corrected chi connectivity index (χ4v) is 2.35. The van der Waals surface area contributed by atoms with E-state index in [1.807, 2.05) is 18.2 Å². The predicted molar refractivity (Wildman–Crippen MR) is 71.4 cm³/mol. The molecule has 1 aliphatic heterocycles. The van der Waals surface area contributed by atoms with Crippen LogP contribution in [-0.2, 0) is 11.2 Å². The molecule has 5 heteroatoms. The molecule has 19 heavy (non-hydrogen) atoms. The maximum Gasteiger partial charge on any atom is 0.167 e. The van der Waals surface area contributed by atoms with Gasteiger partial charge >= 0.3 is 0 Å². The zero-order valence-electron chi connectivity index (χ0n) is 10.7. The predicted octanol–water partition coefficient (Wildman–Crippen LogP) is 1.90. The van der Waals surface area contributed by atoms with Crippen molar-refractivity contribution in [1.29, 1.82) is 0 Å². The third-order valence-electron chi connectivity index (χ3n) is 3.38. The van der Waals surface area contributed by atoms with Crippen LogP contribution in [-0.4, -0.2) is 21.8 Å². The quantitative estimate of drug-likeness (QED) is 0.878. The number of nitrogens with two attached hydrogens (primary N) is 1. The lowest BCUT2D eigenvalue weighted by Gasteiger charge is -2.07. The Morgan fingerprint density at radius 1 is 1.37 bits per heavy atom. The molecular formula is C14H18N4O. The summed E-state index contributed by atoms with van der Waals surface area (Å²) in [5.41, 5.74) is 7.35. The second-order valence-electron chi connectivity index (χ2n) is 4.88. The lowest BCUT2D eigenvalue weighted by molar-refractivity contribution is 0.105. The van der Waals surface area contributed by atoms with Crippen LogP contribution in [0, 0.1) is 0 Å². The van der Waals surface area contributed by atoms with Crippen LogP contribution in [0.1, 0.15) is 42.2 Å². The number of rotatable bonds is 4. The highest BCUT2D eigenvalue weighted by atomic mass is 16.5. The third kappa shape index (κ3) is 2.83. The van der Waals surface area contributed by atoms with E-state index < -0.39 is 0 Å². The van der Waals surface area contributed by atoms with Crippen molar-refractivity contribution in [2.24, 2.45) is 5.73 Å². The molecule has 2 atom stereocenters. The Labute approximate surface area is 112 Å². The summed E-state index contributed by atoms with van der Waals surface area (Å²) in [6.07, 6.45) is 2.88. The standard InChI is InChI=1S/C14H18N4O/c15-11(9-10-5-2-1-3-6-10)13-16-14(18-17-13)12-7-4-8-19-12/h1-3,5-6,11-12H,4,7-9,15H2,(H,16,17,18)/t11-,12-/m1/s1. The molecule has 0 unspecified atom stereocenters. The van der Waals surface area contributed by atoms with Crippen LogP contribution >= 0.6 is 0 Å². The fourth-order valence-electron chi connectivity index (χ4n) is 2.35. The van der Waals surface area contributed by atoms with Crippen molar-refractivity contribution in [3.8, 4) is 0 Å². The number of aromatic amines is 1. The second kappa shape index (κ2) is 5.50. The van der Waals surface area contributed by atoms with E-state index in [1.165, 1.54) is 5.56 Å². The molecule has 2 aromatic rings. The van der Waals surface area contributed by atoms with Gasteiger partial charge in [0.2, 0.25) is 0 Å². The average Bonchev–Trinajstić information content (AvgIpc) is 3.11. The summed E-state index contributed by atoms with van der Waals surface area (Å²) in [7, 11) is 0. The number of nitrogens with one attached hydrogen (secondary N) is 1. The Morgan fingerprint density at radius 3 is 2.95 bits per heavy atom. The van der Waals surface area contributed by atoms with Gasteiger partial charge < -0.3 is 10.5 Å². The highest BCUT2D eigenvalue weighted by Crippen LogP contribution is 2.26. The van der Waals surface area contributed by atoms with E-state index in [4.69, 9.17) is 10.5 Å². The van der Waals surface area contributed by atoms with Gasteiger partial charge in [0.1, 0.15) is 6.10 Å². The number of hydrogen-bond acceptors (Lipinski definition) is 4. The third-order valence-corrected chi connectivity index (χ3v) is 3.38. The van der Waals surface area contributed by atoms with E-state index in [0.717, 1.165) is 31.7 Å².